The molecule has 110 valence electrons. The number of phenols is 1. The first-order valence-corrected chi connectivity index (χ1v) is 6.86. The van der Waals surface area contributed by atoms with Crippen LogP contribution in [0, 0.1) is 5.92 Å². The smallest absolute Gasteiger partial charge is 0.325 e. The van der Waals surface area contributed by atoms with E-state index in [0.29, 0.717) is 17.2 Å². The molecule has 1 aliphatic heterocycles. The van der Waals surface area contributed by atoms with Crippen LogP contribution in [0.2, 0.25) is 0 Å². The molecule has 1 aromatic carbocycles. The molecule has 1 aliphatic rings. The first-order valence-electron chi connectivity index (χ1n) is 6.86. The van der Waals surface area contributed by atoms with Crippen molar-refractivity contribution in [3.05, 3.63) is 23.8 Å². The number of phenolic OH excluding ortho intramolecular Hbond substituents is 1. The Labute approximate surface area is 118 Å². The van der Waals surface area contributed by atoms with Gasteiger partial charge < -0.3 is 14.9 Å². The maximum atomic E-state index is 11.6. The van der Waals surface area contributed by atoms with Crippen LogP contribution < -0.4 is 4.74 Å². The zero-order valence-electron chi connectivity index (χ0n) is 11.9. The number of carboxylic acid groups (broad SMARTS) is 1. The van der Waals surface area contributed by atoms with Gasteiger partial charge in [0.25, 0.3) is 0 Å². The van der Waals surface area contributed by atoms with Gasteiger partial charge in [-0.1, -0.05) is 13.0 Å². The van der Waals surface area contributed by atoms with Crippen LogP contribution in [-0.4, -0.2) is 41.3 Å². The topological polar surface area (TPSA) is 70.0 Å². The molecule has 2 unspecified atom stereocenters. The van der Waals surface area contributed by atoms with Gasteiger partial charge in [0.15, 0.2) is 11.5 Å². The molecule has 20 heavy (non-hydrogen) atoms. The summed E-state index contributed by atoms with van der Waals surface area (Å²) in [6.07, 6.45) is 2.15. The predicted molar refractivity (Wildman–Crippen MR) is 75.0 cm³/mol. The van der Waals surface area contributed by atoms with Gasteiger partial charge in [-0.05, 0) is 43.0 Å². The van der Waals surface area contributed by atoms with Crippen LogP contribution in [0.5, 0.6) is 11.5 Å². The Hall–Kier alpha value is -1.75. The fourth-order valence-corrected chi connectivity index (χ4v) is 2.83. The number of methoxy groups -OCH3 is 1. The number of carbonyl (C=O) groups is 1. The van der Waals surface area contributed by atoms with Gasteiger partial charge in [-0.3, -0.25) is 9.69 Å². The fraction of sp³-hybridized carbons (Fsp3) is 0.533. The second kappa shape index (κ2) is 6.13. The fourth-order valence-electron chi connectivity index (χ4n) is 2.83. The van der Waals surface area contributed by atoms with Gasteiger partial charge in [0.1, 0.15) is 6.04 Å². The molecule has 1 fully saturated rings. The van der Waals surface area contributed by atoms with Crippen molar-refractivity contribution in [2.45, 2.75) is 25.8 Å². The third-order valence-electron chi connectivity index (χ3n) is 3.81. The Morgan fingerprint density at radius 1 is 1.50 bits per heavy atom. The van der Waals surface area contributed by atoms with Crippen molar-refractivity contribution in [2.24, 2.45) is 5.92 Å². The highest BCUT2D eigenvalue weighted by Gasteiger charge is 2.30. The summed E-state index contributed by atoms with van der Waals surface area (Å²) in [5, 5.41) is 19.2. The summed E-state index contributed by atoms with van der Waals surface area (Å²) in [6.45, 7) is 3.70. The lowest BCUT2D eigenvalue weighted by atomic mass is 9.96. The Kier molecular flexibility index (Phi) is 4.49. The van der Waals surface area contributed by atoms with E-state index in [1.54, 1.807) is 12.1 Å². The lowest BCUT2D eigenvalue weighted by Gasteiger charge is -2.35. The summed E-state index contributed by atoms with van der Waals surface area (Å²) < 4.78 is 5.06. The summed E-state index contributed by atoms with van der Waals surface area (Å²) in [4.78, 5) is 13.6. The quantitative estimate of drug-likeness (QED) is 0.884. The summed E-state index contributed by atoms with van der Waals surface area (Å²) >= 11 is 0. The molecule has 1 aromatic rings. The van der Waals surface area contributed by atoms with Gasteiger partial charge >= 0.3 is 5.97 Å². The molecular formula is C15H21NO4. The number of carboxylic acids is 1. The predicted octanol–water partition coefficient (Wildman–Crippen LogP) is 2.26. The van der Waals surface area contributed by atoms with Gasteiger partial charge in [-0.25, -0.2) is 0 Å². The summed E-state index contributed by atoms with van der Waals surface area (Å²) in [5.74, 6) is -0.0392. The van der Waals surface area contributed by atoms with Crippen molar-refractivity contribution in [2.75, 3.05) is 20.2 Å². The number of likely N-dealkylation sites (tertiary alicyclic amines) is 1. The Morgan fingerprint density at radius 2 is 2.25 bits per heavy atom. The first kappa shape index (κ1) is 14.7. The van der Waals surface area contributed by atoms with Crippen molar-refractivity contribution < 1.29 is 19.7 Å². The van der Waals surface area contributed by atoms with Crippen LogP contribution in [0.4, 0.5) is 0 Å². The van der Waals surface area contributed by atoms with Crippen LogP contribution >= 0.6 is 0 Å². The minimum Gasteiger partial charge on any atom is -0.504 e. The third-order valence-corrected chi connectivity index (χ3v) is 3.81. The molecule has 0 spiro atoms. The molecule has 0 amide bonds. The monoisotopic (exact) mass is 279 g/mol. The van der Waals surface area contributed by atoms with Crippen LogP contribution in [0.15, 0.2) is 18.2 Å². The average molecular weight is 279 g/mol. The van der Waals surface area contributed by atoms with E-state index in [1.807, 2.05) is 4.90 Å². The second-order valence-corrected chi connectivity index (χ2v) is 5.41. The van der Waals surface area contributed by atoms with Gasteiger partial charge in [-0.2, -0.15) is 0 Å². The maximum absolute atomic E-state index is 11.6. The highest BCUT2D eigenvalue weighted by Crippen LogP contribution is 2.33. The molecule has 0 aliphatic carbocycles. The number of hydrogen-bond acceptors (Lipinski definition) is 4. The van der Waals surface area contributed by atoms with Crippen LogP contribution in [0.1, 0.15) is 31.4 Å². The Bertz CT molecular complexity index is 489. The van der Waals surface area contributed by atoms with Crippen LogP contribution in [-0.2, 0) is 4.79 Å². The van der Waals surface area contributed by atoms with E-state index >= 15 is 0 Å². The first-order chi connectivity index (χ1) is 9.52. The Balaban J connectivity index is 2.30. The number of nitrogens with zero attached hydrogens (tertiary/aromatic N) is 1. The highest BCUT2D eigenvalue weighted by atomic mass is 16.5. The molecule has 2 rings (SSSR count). The molecule has 5 nitrogen and oxygen atoms in total. The van der Waals surface area contributed by atoms with Gasteiger partial charge in [-0.15, -0.1) is 0 Å². The van der Waals surface area contributed by atoms with Crippen molar-refractivity contribution in [1.29, 1.82) is 0 Å². The second-order valence-electron chi connectivity index (χ2n) is 5.41. The summed E-state index contributed by atoms with van der Waals surface area (Å²) in [5.41, 5.74) is 0.640. The number of aromatic hydroxyl groups is 1. The third kappa shape index (κ3) is 3.04. The summed E-state index contributed by atoms with van der Waals surface area (Å²) in [6, 6.07) is 4.05. The van der Waals surface area contributed by atoms with Crippen LogP contribution in [0.3, 0.4) is 0 Å². The van der Waals surface area contributed by atoms with E-state index < -0.39 is 12.0 Å². The Morgan fingerprint density at radius 3 is 2.85 bits per heavy atom. The zero-order valence-corrected chi connectivity index (χ0v) is 11.9. The molecule has 1 heterocycles. The van der Waals surface area contributed by atoms with E-state index in [-0.39, 0.29) is 5.75 Å². The molecule has 0 bridgehead atoms. The minimum atomic E-state index is -0.869. The molecule has 0 aromatic heterocycles. The molecule has 2 N–H and O–H groups in total. The number of rotatable bonds is 4. The molecule has 0 radical (unpaired) electrons. The van der Waals surface area contributed by atoms with Crippen molar-refractivity contribution >= 4 is 5.97 Å². The number of hydrogen-bond donors (Lipinski definition) is 2. The van der Waals surface area contributed by atoms with Gasteiger partial charge in [0.2, 0.25) is 0 Å². The average Bonchev–Trinajstić information content (AvgIpc) is 2.40. The summed E-state index contributed by atoms with van der Waals surface area (Å²) in [7, 11) is 1.46. The van der Waals surface area contributed by atoms with E-state index in [4.69, 9.17) is 4.74 Å². The van der Waals surface area contributed by atoms with E-state index in [9.17, 15) is 15.0 Å². The molecule has 2 atom stereocenters. The van der Waals surface area contributed by atoms with E-state index in [2.05, 4.69) is 6.92 Å². The molecule has 5 heteroatoms. The van der Waals surface area contributed by atoms with Crippen molar-refractivity contribution in [1.82, 2.24) is 4.90 Å². The standard InChI is InChI=1S/C15H21NO4/c1-10-4-3-7-16(9-10)14(15(18)19)11-5-6-12(17)13(8-11)20-2/h5-6,8,10,14,17H,3-4,7,9H2,1-2H3,(H,18,19). The largest absolute Gasteiger partial charge is 0.504 e. The lowest BCUT2D eigenvalue weighted by Crippen LogP contribution is -2.40. The highest BCUT2D eigenvalue weighted by molar-refractivity contribution is 5.76. The lowest BCUT2D eigenvalue weighted by molar-refractivity contribution is -0.144. The van der Waals surface area contributed by atoms with E-state index in [1.165, 1.54) is 13.2 Å². The van der Waals surface area contributed by atoms with Crippen molar-refractivity contribution in [3.63, 3.8) is 0 Å². The maximum Gasteiger partial charge on any atom is 0.325 e. The minimum absolute atomic E-state index is 0.0207. The van der Waals surface area contributed by atoms with Crippen LogP contribution in [0.25, 0.3) is 0 Å². The number of aliphatic carboxylic acids is 1. The van der Waals surface area contributed by atoms with E-state index in [0.717, 1.165) is 25.9 Å². The normalized spacial score (nSPS) is 21.4. The van der Waals surface area contributed by atoms with Gasteiger partial charge in [0, 0.05) is 6.54 Å². The molecular weight excluding hydrogens is 258 g/mol. The number of ether oxygens (including phenoxy) is 1. The zero-order chi connectivity index (χ0) is 14.7. The molecule has 1 saturated heterocycles. The number of piperidine rings is 1. The van der Waals surface area contributed by atoms with Gasteiger partial charge in [0.05, 0.1) is 7.11 Å². The number of benzene rings is 1. The van der Waals surface area contributed by atoms with Crippen molar-refractivity contribution in [3.8, 4) is 11.5 Å². The molecule has 0 saturated carbocycles. The SMILES string of the molecule is COc1cc(C(C(=O)O)N2CCCC(C)C2)ccc1O.